The van der Waals surface area contributed by atoms with E-state index in [0.29, 0.717) is 12.2 Å². The molecule has 0 fully saturated rings. The summed E-state index contributed by atoms with van der Waals surface area (Å²) in [4.78, 5) is 0. The maximum Gasteiger partial charge on any atom is 0.416 e. The molecule has 0 saturated carbocycles. The molecular weight excluding hydrogens is 269 g/mol. The molecule has 0 spiro atoms. The SMILES string of the molecule is NCCCNc1cnn(-c2ccc(C(F)(F)F)cc2)c1. The van der Waals surface area contributed by atoms with E-state index in [1.165, 1.54) is 16.8 Å². The molecule has 0 unspecified atom stereocenters. The molecule has 20 heavy (non-hydrogen) atoms. The van der Waals surface area contributed by atoms with Gasteiger partial charge in [-0.15, -0.1) is 0 Å². The van der Waals surface area contributed by atoms with Gasteiger partial charge in [0.05, 0.1) is 29.3 Å². The minimum Gasteiger partial charge on any atom is -0.382 e. The Bertz CT molecular complexity index is 545. The van der Waals surface area contributed by atoms with Crippen molar-refractivity contribution in [2.24, 2.45) is 5.73 Å². The molecule has 2 aromatic rings. The molecule has 0 amide bonds. The van der Waals surface area contributed by atoms with Crippen LogP contribution in [0, 0.1) is 0 Å². The third-order valence-electron chi connectivity index (χ3n) is 2.75. The van der Waals surface area contributed by atoms with Crippen LogP contribution in [0.5, 0.6) is 0 Å². The monoisotopic (exact) mass is 284 g/mol. The number of alkyl halides is 3. The zero-order valence-electron chi connectivity index (χ0n) is 10.7. The highest BCUT2D eigenvalue weighted by molar-refractivity contribution is 5.43. The van der Waals surface area contributed by atoms with Gasteiger partial charge in [0, 0.05) is 6.54 Å². The highest BCUT2D eigenvalue weighted by atomic mass is 19.4. The van der Waals surface area contributed by atoms with Gasteiger partial charge in [-0.25, -0.2) is 4.68 Å². The van der Waals surface area contributed by atoms with Gasteiger partial charge in [-0.1, -0.05) is 0 Å². The number of halogens is 3. The third-order valence-corrected chi connectivity index (χ3v) is 2.75. The Balaban J connectivity index is 2.08. The first-order chi connectivity index (χ1) is 9.50. The van der Waals surface area contributed by atoms with Gasteiger partial charge in [-0.2, -0.15) is 18.3 Å². The summed E-state index contributed by atoms with van der Waals surface area (Å²) in [5.74, 6) is 0. The Morgan fingerprint density at radius 1 is 1.20 bits per heavy atom. The van der Waals surface area contributed by atoms with Crippen LogP contribution in [0.4, 0.5) is 18.9 Å². The topological polar surface area (TPSA) is 55.9 Å². The molecule has 4 nitrogen and oxygen atoms in total. The first-order valence-electron chi connectivity index (χ1n) is 6.17. The Morgan fingerprint density at radius 2 is 1.90 bits per heavy atom. The second kappa shape index (κ2) is 5.96. The Labute approximate surface area is 114 Å². The Kier molecular flexibility index (Phi) is 4.29. The number of hydrogen-bond donors (Lipinski definition) is 2. The fourth-order valence-electron chi connectivity index (χ4n) is 1.69. The van der Waals surface area contributed by atoms with Gasteiger partial charge in [-0.05, 0) is 37.2 Å². The van der Waals surface area contributed by atoms with Crippen molar-refractivity contribution < 1.29 is 13.2 Å². The standard InChI is InChI=1S/C13H15F3N4/c14-13(15,16)10-2-4-12(5-3-10)20-9-11(8-19-20)18-7-1-6-17/h2-5,8-9,18H,1,6-7,17H2. The number of rotatable bonds is 5. The van der Waals surface area contributed by atoms with Crippen LogP contribution in [0.2, 0.25) is 0 Å². The van der Waals surface area contributed by atoms with Gasteiger partial charge in [0.15, 0.2) is 0 Å². The van der Waals surface area contributed by atoms with Crippen LogP contribution in [0.3, 0.4) is 0 Å². The van der Waals surface area contributed by atoms with E-state index in [0.717, 1.165) is 30.8 Å². The van der Waals surface area contributed by atoms with Crippen molar-refractivity contribution >= 4 is 5.69 Å². The van der Waals surface area contributed by atoms with Crippen LogP contribution in [-0.2, 0) is 6.18 Å². The molecule has 0 atom stereocenters. The highest BCUT2D eigenvalue weighted by Crippen LogP contribution is 2.29. The minimum absolute atomic E-state index is 0.574. The number of anilines is 1. The number of aromatic nitrogens is 2. The molecular formula is C13H15F3N4. The third kappa shape index (κ3) is 3.51. The molecule has 0 bridgehead atoms. The summed E-state index contributed by atoms with van der Waals surface area (Å²) in [6.45, 7) is 1.33. The fourth-order valence-corrected chi connectivity index (χ4v) is 1.69. The van der Waals surface area contributed by atoms with Crippen LogP contribution in [0.15, 0.2) is 36.7 Å². The summed E-state index contributed by atoms with van der Waals surface area (Å²) in [5.41, 5.74) is 6.09. The Morgan fingerprint density at radius 3 is 2.50 bits per heavy atom. The molecule has 108 valence electrons. The summed E-state index contributed by atoms with van der Waals surface area (Å²) in [5, 5.41) is 7.23. The van der Waals surface area contributed by atoms with Crippen molar-refractivity contribution in [3.05, 3.63) is 42.2 Å². The molecule has 0 radical (unpaired) electrons. The zero-order valence-corrected chi connectivity index (χ0v) is 10.7. The maximum atomic E-state index is 12.5. The van der Waals surface area contributed by atoms with E-state index in [4.69, 9.17) is 5.73 Å². The van der Waals surface area contributed by atoms with Gasteiger partial charge in [0.2, 0.25) is 0 Å². The quantitative estimate of drug-likeness (QED) is 0.830. The summed E-state index contributed by atoms with van der Waals surface area (Å²) in [6.07, 6.45) is -0.143. The predicted molar refractivity (Wildman–Crippen MR) is 70.7 cm³/mol. The lowest BCUT2D eigenvalue weighted by Gasteiger charge is -2.07. The number of nitrogens with one attached hydrogen (secondary N) is 1. The van der Waals surface area contributed by atoms with Crippen LogP contribution in [0.25, 0.3) is 5.69 Å². The van der Waals surface area contributed by atoms with Crippen molar-refractivity contribution in [1.29, 1.82) is 0 Å². The second-order valence-corrected chi connectivity index (χ2v) is 4.29. The van der Waals surface area contributed by atoms with Crippen molar-refractivity contribution in [1.82, 2.24) is 9.78 Å². The normalized spacial score (nSPS) is 11.6. The first kappa shape index (κ1) is 14.4. The van der Waals surface area contributed by atoms with Gasteiger partial charge in [0.25, 0.3) is 0 Å². The average Bonchev–Trinajstić information content (AvgIpc) is 2.87. The van der Waals surface area contributed by atoms with Crippen LogP contribution in [0.1, 0.15) is 12.0 Å². The number of nitrogens with two attached hydrogens (primary N) is 1. The van der Waals surface area contributed by atoms with Crippen molar-refractivity contribution in [3.63, 3.8) is 0 Å². The summed E-state index contributed by atoms with van der Waals surface area (Å²) in [6, 6.07) is 4.86. The average molecular weight is 284 g/mol. The van der Waals surface area contributed by atoms with Gasteiger partial charge < -0.3 is 11.1 Å². The molecule has 0 aliphatic rings. The van der Waals surface area contributed by atoms with Gasteiger partial charge in [0.1, 0.15) is 0 Å². The van der Waals surface area contributed by atoms with Crippen LogP contribution >= 0.6 is 0 Å². The smallest absolute Gasteiger partial charge is 0.382 e. The molecule has 1 heterocycles. The lowest BCUT2D eigenvalue weighted by molar-refractivity contribution is -0.137. The van der Waals surface area contributed by atoms with E-state index in [1.54, 1.807) is 12.4 Å². The maximum absolute atomic E-state index is 12.5. The van der Waals surface area contributed by atoms with Gasteiger partial charge >= 0.3 is 6.18 Å². The number of benzene rings is 1. The molecule has 0 aliphatic carbocycles. The highest BCUT2D eigenvalue weighted by Gasteiger charge is 2.29. The van der Waals surface area contributed by atoms with E-state index >= 15 is 0 Å². The van der Waals surface area contributed by atoms with Crippen LogP contribution < -0.4 is 11.1 Å². The molecule has 0 aliphatic heterocycles. The van der Waals surface area contributed by atoms with Crippen LogP contribution in [-0.4, -0.2) is 22.9 Å². The number of hydrogen-bond acceptors (Lipinski definition) is 3. The second-order valence-electron chi connectivity index (χ2n) is 4.29. The summed E-state index contributed by atoms with van der Waals surface area (Å²) >= 11 is 0. The molecule has 3 N–H and O–H groups in total. The fraction of sp³-hybridized carbons (Fsp3) is 0.308. The lowest BCUT2D eigenvalue weighted by atomic mass is 10.2. The largest absolute Gasteiger partial charge is 0.416 e. The minimum atomic E-state index is -4.32. The van der Waals surface area contributed by atoms with E-state index in [9.17, 15) is 13.2 Å². The molecule has 2 rings (SSSR count). The molecule has 1 aromatic heterocycles. The predicted octanol–water partition coefficient (Wildman–Crippen LogP) is 2.65. The summed E-state index contributed by atoms with van der Waals surface area (Å²) in [7, 11) is 0. The molecule has 7 heteroatoms. The molecule has 0 saturated heterocycles. The zero-order chi connectivity index (χ0) is 14.6. The first-order valence-corrected chi connectivity index (χ1v) is 6.17. The van der Waals surface area contributed by atoms with Crippen molar-refractivity contribution in [2.75, 3.05) is 18.4 Å². The van der Waals surface area contributed by atoms with Crippen molar-refractivity contribution in [3.8, 4) is 5.69 Å². The number of nitrogens with zero attached hydrogens (tertiary/aromatic N) is 2. The van der Waals surface area contributed by atoms with Gasteiger partial charge in [-0.3, -0.25) is 0 Å². The van der Waals surface area contributed by atoms with Crippen molar-refractivity contribution in [2.45, 2.75) is 12.6 Å². The summed E-state index contributed by atoms with van der Waals surface area (Å²) < 4.78 is 38.9. The van der Waals surface area contributed by atoms with E-state index in [-0.39, 0.29) is 0 Å². The van der Waals surface area contributed by atoms with E-state index < -0.39 is 11.7 Å². The lowest BCUT2D eigenvalue weighted by Crippen LogP contribution is -2.07. The van der Waals surface area contributed by atoms with E-state index in [1.807, 2.05) is 0 Å². The van der Waals surface area contributed by atoms with E-state index in [2.05, 4.69) is 10.4 Å². The molecule has 1 aromatic carbocycles. The Hall–Kier alpha value is -2.02.